The van der Waals surface area contributed by atoms with Crippen molar-refractivity contribution < 1.29 is 9.13 Å². The molecule has 106 valence electrons. The molecule has 1 unspecified atom stereocenters. The molecule has 0 aliphatic rings. The lowest BCUT2D eigenvalue weighted by Gasteiger charge is -2.17. The fourth-order valence-electron chi connectivity index (χ4n) is 2.20. The fraction of sp³-hybridized carbons (Fsp3) is 0.250. The van der Waals surface area contributed by atoms with E-state index in [1.807, 2.05) is 25.1 Å². The molecule has 0 bridgehead atoms. The number of halogens is 2. The Labute approximate surface area is 123 Å². The van der Waals surface area contributed by atoms with Gasteiger partial charge in [0.05, 0.1) is 12.1 Å². The van der Waals surface area contributed by atoms with Gasteiger partial charge in [0.2, 0.25) is 0 Å². The molecule has 4 heteroatoms. The summed E-state index contributed by atoms with van der Waals surface area (Å²) in [4.78, 5) is 0. The zero-order valence-corrected chi connectivity index (χ0v) is 12.2. The number of hydrogen-bond donors (Lipinski definition) is 1. The largest absolute Gasteiger partial charge is 0.496 e. The van der Waals surface area contributed by atoms with Crippen LogP contribution >= 0.6 is 11.6 Å². The predicted octanol–water partition coefficient (Wildman–Crippen LogP) is 4.04. The van der Waals surface area contributed by atoms with Crippen LogP contribution in [0, 0.1) is 12.7 Å². The maximum absolute atomic E-state index is 13.9. The number of hydrogen-bond acceptors (Lipinski definition) is 2. The molecule has 0 heterocycles. The van der Waals surface area contributed by atoms with Crippen molar-refractivity contribution in [3.63, 3.8) is 0 Å². The van der Waals surface area contributed by atoms with Crippen molar-refractivity contribution in [1.82, 2.24) is 0 Å². The molecular formula is C16H17ClFNO. The first kappa shape index (κ1) is 14.8. The van der Waals surface area contributed by atoms with Crippen molar-refractivity contribution in [2.45, 2.75) is 19.4 Å². The average molecular weight is 294 g/mol. The summed E-state index contributed by atoms with van der Waals surface area (Å²) < 4.78 is 19.2. The van der Waals surface area contributed by atoms with Crippen molar-refractivity contribution in [1.29, 1.82) is 0 Å². The number of benzene rings is 2. The Balaban J connectivity index is 2.30. The van der Waals surface area contributed by atoms with Crippen molar-refractivity contribution in [2.75, 3.05) is 7.11 Å². The summed E-state index contributed by atoms with van der Waals surface area (Å²) in [5.74, 6) is 0.307. The van der Waals surface area contributed by atoms with Crippen molar-refractivity contribution in [3.05, 3.63) is 63.9 Å². The van der Waals surface area contributed by atoms with E-state index in [0.29, 0.717) is 17.7 Å². The number of methoxy groups -OCH3 is 1. The first-order valence-electron chi connectivity index (χ1n) is 6.36. The second-order valence-corrected chi connectivity index (χ2v) is 5.18. The molecule has 0 spiro atoms. The van der Waals surface area contributed by atoms with Crippen LogP contribution in [0.25, 0.3) is 0 Å². The summed E-state index contributed by atoms with van der Waals surface area (Å²) in [6.07, 6.45) is 0.367. The minimum absolute atomic E-state index is 0.117. The summed E-state index contributed by atoms with van der Waals surface area (Å²) in [5, 5.41) is 0.117. The standard InChI is InChI=1S/C16H17ClFNO/c1-10-6-7-15(20-2)12(8-10)14(19)9-11-4-3-5-13(17)16(11)18/h3-8,14H,9,19H2,1-2H3. The third-order valence-corrected chi connectivity index (χ3v) is 3.55. The summed E-state index contributed by atoms with van der Waals surface area (Å²) >= 11 is 5.79. The first-order chi connectivity index (χ1) is 9.52. The molecule has 1 atom stereocenters. The number of aryl methyl sites for hydroxylation is 1. The highest BCUT2D eigenvalue weighted by molar-refractivity contribution is 6.30. The molecule has 0 aromatic heterocycles. The topological polar surface area (TPSA) is 35.2 Å². The van der Waals surface area contributed by atoms with E-state index in [-0.39, 0.29) is 11.1 Å². The van der Waals surface area contributed by atoms with Crippen LogP contribution in [0.5, 0.6) is 5.75 Å². The van der Waals surface area contributed by atoms with Gasteiger partial charge in [-0.05, 0) is 31.0 Å². The third-order valence-electron chi connectivity index (χ3n) is 3.26. The zero-order chi connectivity index (χ0) is 14.7. The SMILES string of the molecule is COc1ccc(C)cc1C(N)Cc1cccc(Cl)c1F. The van der Waals surface area contributed by atoms with Gasteiger partial charge in [-0.15, -0.1) is 0 Å². The number of nitrogens with two attached hydrogens (primary N) is 1. The highest BCUT2D eigenvalue weighted by Gasteiger charge is 2.16. The second-order valence-electron chi connectivity index (χ2n) is 4.77. The van der Waals surface area contributed by atoms with Crippen LogP contribution in [0.3, 0.4) is 0 Å². The maximum atomic E-state index is 13.9. The van der Waals surface area contributed by atoms with E-state index in [4.69, 9.17) is 22.1 Å². The van der Waals surface area contributed by atoms with Crippen molar-refractivity contribution >= 4 is 11.6 Å². The molecule has 0 amide bonds. The molecule has 2 rings (SSSR count). The van der Waals surface area contributed by atoms with Crippen LogP contribution in [-0.4, -0.2) is 7.11 Å². The Bertz CT molecular complexity index is 615. The Morgan fingerprint density at radius 3 is 2.75 bits per heavy atom. The van der Waals surface area contributed by atoms with E-state index in [9.17, 15) is 4.39 Å². The first-order valence-corrected chi connectivity index (χ1v) is 6.73. The molecule has 0 saturated heterocycles. The molecular weight excluding hydrogens is 277 g/mol. The highest BCUT2D eigenvalue weighted by Crippen LogP contribution is 2.28. The van der Waals surface area contributed by atoms with Crippen molar-refractivity contribution in [2.24, 2.45) is 5.73 Å². The Morgan fingerprint density at radius 1 is 1.30 bits per heavy atom. The van der Waals surface area contributed by atoms with E-state index in [0.717, 1.165) is 11.1 Å². The lowest BCUT2D eigenvalue weighted by atomic mass is 9.97. The van der Waals surface area contributed by atoms with Crippen LogP contribution in [0.1, 0.15) is 22.7 Å². The Hall–Kier alpha value is -1.58. The molecule has 0 aliphatic heterocycles. The van der Waals surface area contributed by atoms with E-state index in [2.05, 4.69) is 0 Å². The fourth-order valence-corrected chi connectivity index (χ4v) is 2.39. The van der Waals surface area contributed by atoms with Crippen LogP contribution in [0.4, 0.5) is 4.39 Å². The minimum atomic E-state index is -0.406. The molecule has 2 nitrogen and oxygen atoms in total. The molecule has 0 radical (unpaired) electrons. The van der Waals surface area contributed by atoms with Crippen LogP contribution in [0.2, 0.25) is 5.02 Å². The van der Waals surface area contributed by atoms with Gasteiger partial charge in [0, 0.05) is 11.6 Å². The minimum Gasteiger partial charge on any atom is -0.496 e. The van der Waals surface area contributed by atoms with E-state index in [1.165, 1.54) is 6.07 Å². The van der Waals surface area contributed by atoms with Crippen molar-refractivity contribution in [3.8, 4) is 5.75 Å². The summed E-state index contributed by atoms with van der Waals surface area (Å²) in [6, 6.07) is 10.4. The number of rotatable bonds is 4. The summed E-state index contributed by atoms with van der Waals surface area (Å²) in [7, 11) is 1.60. The molecule has 0 aliphatic carbocycles. The normalized spacial score (nSPS) is 12.2. The van der Waals surface area contributed by atoms with E-state index in [1.54, 1.807) is 19.2 Å². The molecule has 0 fully saturated rings. The molecule has 2 N–H and O–H groups in total. The average Bonchev–Trinajstić information content (AvgIpc) is 2.43. The van der Waals surface area contributed by atoms with Gasteiger partial charge in [0.15, 0.2) is 0 Å². The lowest BCUT2D eigenvalue weighted by molar-refractivity contribution is 0.405. The van der Waals surface area contributed by atoms with Gasteiger partial charge in [0.1, 0.15) is 11.6 Å². The van der Waals surface area contributed by atoms with E-state index < -0.39 is 5.82 Å². The van der Waals surface area contributed by atoms with Gasteiger partial charge in [-0.2, -0.15) is 0 Å². The maximum Gasteiger partial charge on any atom is 0.145 e. The molecule has 0 saturated carbocycles. The molecule has 20 heavy (non-hydrogen) atoms. The van der Waals surface area contributed by atoms with Gasteiger partial charge in [0.25, 0.3) is 0 Å². The molecule has 2 aromatic carbocycles. The monoisotopic (exact) mass is 293 g/mol. The van der Waals surface area contributed by atoms with Crippen LogP contribution in [0.15, 0.2) is 36.4 Å². The third kappa shape index (κ3) is 3.11. The zero-order valence-electron chi connectivity index (χ0n) is 11.5. The van der Waals surface area contributed by atoms with Crippen LogP contribution in [-0.2, 0) is 6.42 Å². The van der Waals surface area contributed by atoms with Gasteiger partial charge in [-0.25, -0.2) is 4.39 Å². The smallest absolute Gasteiger partial charge is 0.145 e. The lowest BCUT2D eigenvalue weighted by Crippen LogP contribution is -2.15. The van der Waals surface area contributed by atoms with Gasteiger partial charge in [-0.1, -0.05) is 41.4 Å². The van der Waals surface area contributed by atoms with Gasteiger partial charge >= 0.3 is 0 Å². The predicted molar refractivity (Wildman–Crippen MR) is 79.8 cm³/mol. The van der Waals surface area contributed by atoms with Gasteiger partial charge in [-0.3, -0.25) is 0 Å². The van der Waals surface area contributed by atoms with Crippen LogP contribution < -0.4 is 10.5 Å². The second kappa shape index (κ2) is 6.25. The molecule has 2 aromatic rings. The summed E-state index contributed by atoms with van der Waals surface area (Å²) in [6.45, 7) is 1.98. The highest BCUT2D eigenvalue weighted by atomic mass is 35.5. The number of ether oxygens (including phenoxy) is 1. The quantitative estimate of drug-likeness (QED) is 0.923. The summed E-state index contributed by atoms with van der Waals surface area (Å²) in [5.41, 5.74) is 8.66. The Kier molecular flexibility index (Phi) is 4.63. The Morgan fingerprint density at radius 2 is 2.05 bits per heavy atom. The van der Waals surface area contributed by atoms with E-state index >= 15 is 0 Å². The van der Waals surface area contributed by atoms with Gasteiger partial charge < -0.3 is 10.5 Å².